The third-order valence-electron chi connectivity index (χ3n) is 2.82. The zero-order valence-corrected chi connectivity index (χ0v) is 11.3. The summed E-state index contributed by atoms with van der Waals surface area (Å²) < 4.78 is 26.3. The Bertz CT molecular complexity index is 573. The average Bonchev–Trinajstić information content (AvgIpc) is 2.45. The van der Waals surface area contributed by atoms with E-state index >= 15 is 0 Å². The molecule has 106 valence electrons. The highest BCUT2D eigenvalue weighted by Gasteiger charge is 2.04. The number of halogens is 2. The Balaban J connectivity index is 1.99. The van der Waals surface area contributed by atoms with Gasteiger partial charge in [0.25, 0.3) is 0 Å². The highest BCUT2D eigenvalue weighted by atomic mass is 19.1. The van der Waals surface area contributed by atoms with Crippen molar-refractivity contribution in [3.63, 3.8) is 0 Å². The second kappa shape index (κ2) is 6.84. The average molecular weight is 277 g/mol. The van der Waals surface area contributed by atoms with E-state index in [1.54, 1.807) is 12.4 Å². The molecule has 5 heteroatoms. The SMILES string of the molecule is CCCNc1cncc(NCc2ccc(F)cc2F)c1. The van der Waals surface area contributed by atoms with Crippen LogP contribution in [-0.4, -0.2) is 11.5 Å². The van der Waals surface area contributed by atoms with Gasteiger partial charge in [-0.3, -0.25) is 4.98 Å². The molecule has 1 aromatic heterocycles. The minimum atomic E-state index is -0.571. The summed E-state index contributed by atoms with van der Waals surface area (Å²) in [4.78, 5) is 4.11. The minimum Gasteiger partial charge on any atom is -0.384 e. The largest absolute Gasteiger partial charge is 0.384 e. The first-order valence-electron chi connectivity index (χ1n) is 6.55. The van der Waals surface area contributed by atoms with Gasteiger partial charge in [0.05, 0.1) is 23.8 Å². The van der Waals surface area contributed by atoms with Crippen LogP contribution >= 0.6 is 0 Å². The molecule has 0 saturated heterocycles. The molecule has 0 spiro atoms. The lowest BCUT2D eigenvalue weighted by atomic mass is 10.2. The summed E-state index contributed by atoms with van der Waals surface area (Å²) in [5.41, 5.74) is 2.12. The molecule has 0 radical (unpaired) electrons. The van der Waals surface area contributed by atoms with Crippen LogP contribution in [0.5, 0.6) is 0 Å². The van der Waals surface area contributed by atoms with Crippen molar-refractivity contribution in [2.75, 3.05) is 17.2 Å². The van der Waals surface area contributed by atoms with E-state index in [-0.39, 0.29) is 6.54 Å². The van der Waals surface area contributed by atoms with Crippen LogP contribution in [0.3, 0.4) is 0 Å². The predicted octanol–water partition coefficient (Wildman–Crippen LogP) is 3.79. The number of nitrogens with zero attached hydrogens (tertiary/aromatic N) is 1. The Morgan fingerprint density at radius 1 is 1.05 bits per heavy atom. The summed E-state index contributed by atoms with van der Waals surface area (Å²) in [5.74, 6) is -1.12. The van der Waals surface area contributed by atoms with Crippen molar-refractivity contribution in [3.8, 4) is 0 Å². The molecule has 0 bridgehead atoms. The highest BCUT2D eigenvalue weighted by molar-refractivity contribution is 5.54. The van der Waals surface area contributed by atoms with Crippen LogP contribution in [0.2, 0.25) is 0 Å². The lowest BCUT2D eigenvalue weighted by molar-refractivity contribution is 0.574. The van der Waals surface area contributed by atoms with Gasteiger partial charge in [0.2, 0.25) is 0 Å². The fourth-order valence-electron chi connectivity index (χ4n) is 1.76. The molecule has 2 N–H and O–H groups in total. The Morgan fingerprint density at radius 2 is 1.80 bits per heavy atom. The van der Waals surface area contributed by atoms with Crippen molar-refractivity contribution in [3.05, 3.63) is 53.9 Å². The van der Waals surface area contributed by atoms with Crippen molar-refractivity contribution >= 4 is 11.4 Å². The quantitative estimate of drug-likeness (QED) is 0.843. The molecule has 3 nitrogen and oxygen atoms in total. The van der Waals surface area contributed by atoms with Gasteiger partial charge in [-0.2, -0.15) is 0 Å². The lowest BCUT2D eigenvalue weighted by Gasteiger charge is -2.09. The van der Waals surface area contributed by atoms with Crippen molar-refractivity contribution in [2.24, 2.45) is 0 Å². The molecule has 1 aromatic carbocycles. The lowest BCUT2D eigenvalue weighted by Crippen LogP contribution is -2.04. The molecule has 0 saturated carbocycles. The number of benzene rings is 1. The maximum atomic E-state index is 13.5. The first-order chi connectivity index (χ1) is 9.69. The molecule has 2 rings (SSSR count). The van der Waals surface area contributed by atoms with E-state index in [0.29, 0.717) is 5.56 Å². The van der Waals surface area contributed by atoms with Crippen LogP contribution in [0.1, 0.15) is 18.9 Å². The standard InChI is InChI=1S/C15H17F2N3/c1-2-5-19-13-7-14(10-18-9-13)20-8-11-3-4-12(16)6-15(11)17/h3-4,6-7,9-10,19-20H,2,5,8H2,1H3. The zero-order valence-electron chi connectivity index (χ0n) is 11.3. The van der Waals surface area contributed by atoms with Crippen LogP contribution < -0.4 is 10.6 Å². The smallest absolute Gasteiger partial charge is 0.131 e. The van der Waals surface area contributed by atoms with Gasteiger partial charge in [0.15, 0.2) is 0 Å². The van der Waals surface area contributed by atoms with Crippen LogP contribution in [-0.2, 0) is 6.54 Å². The summed E-state index contributed by atoms with van der Waals surface area (Å²) in [6, 6.07) is 5.47. The topological polar surface area (TPSA) is 37.0 Å². The molecular weight excluding hydrogens is 260 g/mol. The maximum absolute atomic E-state index is 13.5. The second-order valence-corrected chi connectivity index (χ2v) is 4.48. The van der Waals surface area contributed by atoms with Crippen LogP contribution in [0.4, 0.5) is 20.2 Å². The Kier molecular flexibility index (Phi) is 4.87. The maximum Gasteiger partial charge on any atom is 0.131 e. The fourth-order valence-corrected chi connectivity index (χ4v) is 1.76. The molecule has 0 amide bonds. The van der Waals surface area contributed by atoms with Crippen LogP contribution in [0.15, 0.2) is 36.7 Å². The summed E-state index contributed by atoms with van der Waals surface area (Å²) in [7, 11) is 0. The molecule has 20 heavy (non-hydrogen) atoms. The molecule has 0 unspecified atom stereocenters. The van der Waals surface area contributed by atoms with E-state index < -0.39 is 11.6 Å². The first-order valence-corrected chi connectivity index (χ1v) is 6.55. The monoisotopic (exact) mass is 277 g/mol. The number of hydrogen-bond donors (Lipinski definition) is 2. The number of rotatable bonds is 6. The third-order valence-corrected chi connectivity index (χ3v) is 2.82. The van der Waals surface area contributed by atoms with E-state index in [4.69, 9.17) is 0 Å². The highest BCUT2D eigenvalue weighted by Crippen LogP contribution is 2.15. The Hall–Kier alpha value is -2.17. The number of aromatic nitrogens is 1. The van der Waals surface area contributed by atoms with E-state index in [1.165, 1.54) is 12.1 Å². The zero-order chi connectivity index (χ0) is 14.4. The Morgan fingerprint density at radius 3 is 2.50 bits per heavy atom. The number of nitrogens with one attached hydrogen (secondary N) is 2. The van der Waals surface area contributed by atoms with Gasteiger partial charge >= 0.3 is 0 Å². The van der Waals surface area contributed by atoms with Crippen molar-refractivity contribution in [1.29, 1.82) is 0 Å². The summed E-state index contributed by atoms with van der Waals surface area (Å²) >= 11 is 0. The number of pyridine rings is 1. The minimum absolute atomic E-state index is 0.283. The van der Waals surface area contributed by atoms with Gasteiger partial charge in [-0.05, 0) is 18.6 Å². The van der Waals surface area contributed by atoms with E-state index in [9.17, 15) is 8.78 Å². The molecular formula is C15H17F2N3. The predicted molar refractivity (Wildman–Crippen MR) is 76.7 cm³/mol. The third kappa shape index (κ3) is 3.91. The molecule has 1 heterocycles. The summed E-state index contributed by atoms with van der Waals surface area (Å²) in [6.45, 7) is 3.24. The summed E-state index contributed by atoms with van der Waals surface area (Å²) in [6.07, 6.45) is 4.43. The van der Waals surface area contributed by atoms with E-state index in [0.717, 1.165) is 30.4 Å². The number of anilines is 2. The Labute approximate surface area is 117 Å². The van der Waals surface area contributed by atoms with E-state index in [2.05, 4.69) is 22.5 Å². The van der Waals surface area contributed by atoms with E-state index in [1.807, 2.05) is 6.07 Å². The molecule has 0 aliphatic heterocycles. The normalized spacial score (nSPS) is 10.3. The van der Waals surface area contributed by atoms with Crippen molar-refractivity contribution < 1.29 is 8.78 Å². The molecule has 0 atom stereocenters. The van der Waals surface area contributed by atoms with Gasteiger partial charge in [0, 0.05) is 24.7 Å². The van der Waals surface area contributed by atoms with Gasteiger partial charge in [-0.15, -0.1) is 0 Å². The molecule has 0 aliphatic carbocycles. The van der Waals surface area contributed by atoms with Crippen LogP contribution in [0, 0.1) is 11.6 Å². The molecule has 0 aliphatic rings. The second-order valence-electron chi connectivity index (χ2n) is 4.48. The molecule has 2 aromatic rings. The van der Waals surface area contributed by atoms with Crippen molar-refractivity contribution in [1.82, 2.24) is 4.98 Å². The first kappa shape index (κ1) is 14.2. The van der Waals surface area contributed by atoms with Gasteiger partial charge < -0.3 is 10.6 Å². The summed E-state index contributed by atoms with van der Waals surface area (Å²) in [5, 5.41) is 6.30. The van der Waals surface area contributed by atoms with Gasteiger partial charge in [-0.1, -0.05) is 13.0 Å². The van der Waals surface area contributed by atoms with Crippen molar-refractivity contribution in [2.45, 2.75) is 19.9 Å². The van der Waals surface area contributed by atoms with Gasteiger partial charge in [-0.25, -0.2) is 8.78 Å². The van der Waals surface area contributed by atoms with Gasteiger partial charge in [0.1, 0.15) is 11.6 Å². The number of hydrogen-bond acceptors (Lipinski definition) is 3. The fraction of sp³-hybridized carbons (Fsp3) is 0.267. The van der Waals surface area contributed by atoms with Crippen LogP contribution in [0.25, 0.3) is 0 Å². The molecule has 0 fully saturated rings.